The van der Waals surface area contributed by atoms with Gasteiger partial charge in [-0.2, -0.15) is 9.78 Å². The molecule has 0 N–H and O–H groups in total. The Labute approximate surface area is 118 Å². The van der Waals surface area contributed by atoms with Crippen LogP contribution in [0.25, 0.3) is 5.95 Å². The number of rotatable bonds is 3. The summed E-state index contributed by atoms with van der Waals surface area (Å²) in [6.45, 7) is 0. The third-order valence-electron chi connectivity index (χ3n) is 2.76. The summed E-state index contributed by atoms with van der Waals surface area (Å²) in [6, 6.07) is 1.64. The molecule has 2 aromatic rings. The molecule has 2 aromatic heterocycles. The van der Waals surface area contributed by atoms with Crippen LogP contribution in [-0.4, -0.2) is 28.2 Å². The molecule has 0 saturated heterocycles. The molecule has 1 saturated carbocycles. The maximum atomic E-state index is 11.6. The molecule has 19 heavy (non-hydrogen) atoms. The lowest BCUT2D eigenvalue weighted by molar-refractivity contribution is 0.608. The summed E-state index contributed by atoms with van der Waals surface area (Å²) in [7, 11) is 1.48. The first-order chi connectivity index (χ1) is 8.98. The lowest BCUT2D eigenvalue weighted by atomic mass is 10.3. The minimum absolute atomic E-state index is 0.0805. The Kier molecular flexibility index (Phi) is 2.99. The van der Waals surface area contributed by atoms with Gasteiger partial charge >= 0.3 is 0 Å². The van der Waals surface area contributed by atoms with E-state index in [1.54, 1.807) is 6.07 Å². The fourth-order valence-corrected chi connectivity index (χ4v) is 3.62. The number of aromatic nitrogens is 4. The minimum atomic E-state index is -3.95. The van der Waals surface area contributed by atoms with Crippen LogP contribution >= 0.6 is 22.3 Å². The highest BCUT2D eigenvalue weighted by atomic mass is 35.7. The van der Waals surface area contributed by atoms with E-state index in [0.29, 0.717) is 5.69 Å². The van der Waals surface area contributed by atoms with Crippen LogP contribution in [0.5, 0.6) is 0 Å². The van der Waals surface area contributed by atoms with Gasteiger partial charge in [0.15, 0.2) is 5.15 Å². The van der Waals surface area contributed by atoms with Crippen molar-refractivity contribution in [2.45, 2.75) is 23.7 Å². The van der Waals surface area contributed by atoms with Crippen molar-refractivity contribution in [3.63, 3.8) is 0 Å². The molecule has 0 unspecified atom stereocenters. The number of nitrogens with zero attached hydrogens (tertiary/aromatic N) is 4. The van der Waals surface area contributed by atoms with Crippen LogP contribution in [0.4, 0.5) is 0 Å². The zero-order valence-electron chi connectivity index (χ0n) is 9.49. The molecule has 9 heteroatoms. The van der Waals surface area contributed by atoms with Crippen molar-refractivity contribution in [3.8, 4) is 5.95 Å². The van der Waals surface area contributed by atoms with E-state index in [1.165, 1.54) is 17.1 Å². The maximum absolute atomic E-state index is 11.6. The fraction of sp³-hybridized carbons (Fsp3) is 0.300. The topological polar surface area (TPSA) is 77.7 Å². The molecular weight excluding hydrogens is 311 g/mol. The Balaban J connectivity index is 2.23. The monoisotopic (exact) mass is 318 g/mol. The molecule has 0 spiro atoms. The van der Waals surface area contributed by atoms with E-state index >= 15 is 0 Å². The summed E-state index contributed by atoms with van der Waals surface area (Å²) in [5.41, 5.74) is 0.396. The van der Waals surface area contributed by atoms with Gasteiger partial charge in [-0.1, -0.05) is 11.6 Å². The van der Waals surface area contributed by atoms with E-state index in [2.05, 4.69) is 15.1 Å². The SMILES string of the molecule is O=S(=O)(Cl)c1c(C2CC2)nn(-c2ncccn2)c1Cl. The summed E-state index contributed by atoms with van der Waals surface area (Å²) in [4.78, 5) is 7.85. The van der Waals surface area contributed by atoms with E-state index in [9.17, 15) is 8.42 Å². The van der Waals surface area contributed by atoms with Crippen molar-refractivity contribution in [2.24, 2.45) is 0 Å². The number of halogens is 2. The van der Waals surface area contributed by atoms with Crippen LogP contribution in [0.15, 0.2) is 23.4 Å². The van der Waals surface area contributed by atoms with E-state index in [-0.39, 0.29) is 21.9 Å². The van der Waals surface area contributed by atoms with Gasteiger partial charge in [0, 0.05) is 29.0 Å². The molecule has 0 bridgehead atoms. The summed E-state index contributed by atoms with van der Waals surface area (Å²) in [6.07, 6.45) is 4.79. The average molecular weight is 319 g/mol. The highest BCUT2D eigenvalue weighted by molar-refractivity contribution is 8.13. The second-order valence-electron chi connectivity index (χ2n) is 4.18. The number of hydrogen-bond acceptors (Lipinski definition) is 5. The number of hydrogen-bond donors (Lipinski definition) is 0. The first kappa shape index (κ1) is 12.8. The van der Waals surface area contributed by atoms with Gasteiger partial charge in [-0.3, -0.25) is 0 Å². The zero-order chi connectivity index (χ0) is 13.6. The maximum Gasteiger partial charge on any atom is 0.266 e. The molecule has 2 heterocycles. The largest absolute Gasteiger partial charge is 0.266 e. The Morgan fingerprint density at radius 2 is 1.89 bits per heavy atom. The molecule has 0 atom stereocenters. The zero-order valence-corrected chi connectivity index (χ0v) is 11.8. The standard InChI is InChI=1S/C10H8Cl2N4O2S/c11-9-8(19(12,17)18)7(6-2-3-6)15-16(9)10-13-4-1-5-14-10/h1,4-6H,2-3H2. The third kappa shape index (κ3) is 2.33. The molecule has 1 aliphatic carbocycles. The van der Waals surface area contributed by atoms with Crippen LogP contribution < -0.4 is 0 Å². The minimum Gasteiger partial charge on any atom is -0.220 e. The average Bonchev–Trinajstić information content (AvgIpc) is 3.13. The van der Waals surface area contributed by atoms with Gasteiger partial charge in [0.2, 0.25) is 0 Å². The van der Waals surface area contributed by atoms with Crippen molar-refractivity contribution < 1.29 is 8.42 Å². The van der Waals surface area contributed by atoms with E-state index in [0.717, 1.165) is 12.8 Å². The third-order valence-corrected chi connectivity index (χ3v) is 4.58. The first-order valence-corrected chi connectivity index (χ1v) is 8.17. The second-order valence-corrected chi connectivity index (χ2v) is 7.04. The molecule has 0 amide bonds. The molecule has 0 radical (unpaired) electrons. The van der Waals surface area contributed by atoms with Gasteiger partial charge in [-0.05, 0) is 18.9 Å². The quantitative estimate of drug-likeness (QED) is 0.810. The van der Waals surface area contributed by atoms with E-state index in [1.807, 2.05) is 0 Å². The molecule has 100 valence electrons. The van der Waals surface area contributed by atoms with Gasteiger partial charge < -0.3 is 0 Å². The van der Waals surface area contributed by atoms with Crippen molar-refractivity contribution >= 4 is 31.3 Å². The summed E-state index contributed by atoms with van der Waals surface area (Å²) >= 11 is 6.08. The Morgan fingerprint density at radius 1 is 1.26 bits per heavy atom. The normalized spacial score (nSPS) is 15.7. The predicted octanol–water partition coefficient (Wildman–Crippen LogP) is 2.12. The molecule has 6 nitrogen and oxygen atoms in total. The van der Waals surface area contributed by atoms with Gasteiger partial charge in [-0.25, -0.2) is 18.4 Å². The van der Waals surface area contributed by atoms with Gasteiger partial charge in [-0.15, -0.1) is 0 Å². The summed E-state index contributed by atoms with van der Waals surface area (Å²) in [5, 5.41) is 4.12. The van der Waals surface area contributed by atoms with Crippen LogP contribution in [0, 0.1) is 0 Å². The summed E-state index contributed by atoms with van der Waals surface area (Å²) in [5.74, 6) is 0.298. The molecule has 3 rings (SSSR count). The van der Waals surface area contributed by atoms with Gasteiger partial charge in [0.05, 0.1) is 5.69 Å². The van der Waals surface area contributed by atoms with Crippen LogP contribution in [0.1, 0.15) is 24.5 Å². The second kappa shape index (κ2) is 4.43. The fourth-order valence-electron chi connectivity index (χ4n) is 1.78. The molecule has 0 aromatic carbocycles. The highest BCUT2D eigenvalue weighted by Gasteiger charge is 2.36. The Hall–Kier alpha value is -1.18. The lowest BCUT2D eigenvalue weighted by Gasteiger charge is -1.99. The van der Waals surface area contributed by atoms with Gasteiger partial charge in [0.25, 0.3) is 15.0 Å². The van der Waals surface area contributed by atoms with Crippen molar-refractivity contribution in [3.05, 3.63) is 29.3 Å². The van der Waals surface area contributed by atoms with Crippen molar-refractivity contribution in [2.75, 3.05) is 0 Å². The van der Waals surface area contributed by atoms with Crippen LogP contribution in [0.3, 0.4) is 0 Å². The van der Waals surface area contributed by atoms with E-state index in [4.69, 9.17) is 22.3 Å². The molecule has 0 aliphatic heterocycles. The van der Waals surface area contributed by atoms with E-state index < -0.39 is 9.05 Å². The molecule has 1 aliphatic rings. The van der Waals surface area contributed by atoms with Crippen LogP contribution in [-0.2, 0) is 9.05 Å². The highest BCUT2D eigenvalue weighted by Crippen LogP contribution is 2.45. The van der Waals surface area contributed by atoms with Crippen molar-refractivity contribution in [1.82, 2.24) is 19.7 Å². The Bertz CT molecular complexity index is 725. The Morgan fingerprint density at radius 3 is 2.42 bits per heavy atom. The first-order valence-electron chi connectivity index (χ1n) is 5.49. The lowest BCUT2D eigenvalue weighted by Crippen LogP contribution is -2.02. The molecule has 1 fully saturated rings. The summed E-state index contributed by atoms with van der Waals surface area (Å²) < 4.78 is 24.5. The predicted molar refractivity (Wildman–Crippen MR) is 69.2 cm³/mol. The van der Waals surface area contributed by atoms with Crippen molar-refractivity contribution in [1.29, 1.82) is 0 Å². The smallest absolute Gasteiger partial charge is 0.220 e. The molecular formula is C10H8Cl2N4O2S. The van der Waals surface area contributed by atoms with Gasteiger partial charge in [0.1, 0.15) is 4.90 Å². The van der Waals surface area contributed by atoms with Crippen LogP contribution in [0.2, 0.25) is 5.15 Å².